The predicted octanol–water partition coefficient (Wildman–Crippen LogP) is 13.4. The number of imidazole rings is 2. The number of aryl methyl sites for hydroxylation is 2. The van der Waals surface area contributed by atoms with Crippen LogP contribution in [0.25, 0.3) is 88.5 Å². The standard InChI is InChI=1S/C50H54N8/c1-3-5-7-9-11-13-15-33-57-47-39-23-19-31-53-43(39)41-37(21-17-29-51-41)45(47)55-49(57)35-25-27-36(28-26-35)50-56-46-38-22-18-30-52-42(38)44-40(24-20-32-54-44)48(46)58(50)34-16-14-12-10-8-6-4-2/h17-32H,3-16,33-34H2,1-2H3. The van der Waals surface area contributed by atoms with Crippen LogP contribution in [-0.4, -0.2) is 39.0 Å². The molecule has 6 aromatic heterocycles. The van der Waals surface area contributed by atoms with E-state index < -0.39 is 0 Å². The van der Waals surface area contributed by atoms with E-state index in [1.165, 1.54) is 77.0 Å². The highest BCUT2D eigenvalue weighted by molar-refractivity contribution is 6.22. The van der Waals surface area contributed by atoms with E-state index in [9.17, 15) is 0 Å². The number of pyridine rings is 4. The first-order valence-electron chi connectivity index (χ1n) is 21.9. The van der Waals surface area contributed by atoms with Gasteiger partial charge in [-0.1, -0.05) is 115 Å². The lowest BCUT2D eigenvalue weighted by Crippen LogP contribution is -2.03. The summed E-state index contributed by atoms with van der Waals surface area (Å²) >= 11 is 0. The van der Waals surface area contributed by atoms with Crippen molar-refractivity contribution in [3.63, 3.8) is 0 Å². The minimum Gasteiger partial charge on any atom is -0.323 e. The molecule has 3 aromatic carbocycles. The molecule has 0 N–H and O–H groups in total. The molecule has 8 heteroatoms. The SMILES string of the molecule is CCCCCCCCCn1c(-c2ccc(-c3nc4c5cccnc5c5ncccc5c4n3CCCCCCCCC)cc2)nc2c3cccnc3c3ncccc3c21. The zero-order valence-corrected chi connectivity index (χ0v) is 34.1. The molecule has 8 nitrogen and oxygen atoms in total. The third kappa shape index (κ3) is 7.18. The van der Waals surface area contributed by atoms with Crippen LogP contribution in [0.3, 0.4) is 0 Å². The van der Waals surface area contributed by atoms with Crippen LogP contribution >= 0.6 is 0 Å². The summed E-state index contributed by atoms with van der Waals surface area (Å²) in [6, 6.07) is 25.7. The lowest BCUT2D eigenvalue weighted by atomic mass is 10.1. The number of benzene rings is 3. The van der Waals surface area contributed by atoms with Gasteiger partial charge in [-0.3, -0.25) is 19.9 Å². The molecule has 9 rings (SSSR count). The highest BCUT2D eigenvalue weighted by Gasteiger charge is 2.22. The topological polar surface area (TPSA) is 87.2 Å². The number of rotatable bonds is 18. The first-order valence-corrected chi connectivity index (χ1v) is 21.9. The Balaban J connectivity index is 1.14. The zero-order valence-electron chi connectivity index (χ0n) is 34.1. The minimum atomic E-state index is 0.896. The van der Waals surface area contributed by atoms with Crippen molar-refractivity contribution < 1.29 is 0 Å². The van der Waals surface area contributed by atoms with Gasteiger partial charge in [-0.25, -0.2) is 9.97 Å². The Labute approximate surface area is 340 Å². The minimum absolute atomic E-state index is 0.896. The molecular formula is C50H54N8. The van der Waals surface area contributed by atoms with Crippen molar-refractivity contribution >= 4 is 65.7 Å². The normalized spacial score (nSPS) is 12.0. The predicted molar refractivity (Wildman–Crippen MR) is 241 cm³/mol. The maximum Gasteiger partial charge on any atom is 0.141 e. The van der Waals surface area contributed by atoms with Gasteiger partial charge in [-0.2, -0.15) is 0 Å². The Morgan fingerprint density at radius 3 is 1.07 bits per heavy atom. The van der Waals surface area contributed by atoms with Crippen molar-refractivity contribution in [3.05, 3.63) is 97.6 Å². The van der Waals surface area contributed by atoms with E-state index in [1.807, 2.05) is 49.1 Å². The maximum absolute atomic E-state index is 5.46. The molecule has 0 spiro atoms. The Hall–Kier alpha value is -5.76. The van der Waals surface area contributed by atoms with Crippen LogP contribution in [0.5, 0.6) is 0 Å². The van der Waals surface area contributed by atoms with Crippen LogP contribution in [0.1, 0.15) is 104 Å². The summed E-state index contributed by atoms with van der Waals surface area (Å²) in [5.41, 5.74) is 10.1. The molecule has 0 fully saturated rings. The lowest BCUT2D eigenvalue weighted by molar-refractivity contribution is 0.557. The molecule has 0 radical (unpaired) electrons. The Bertz CT molecular complexity index is 2640. The van der Waals surface area contributed by atoms with Crippen LogP contribution in [0.4, 0.5) is 0 Å². The van der Waals surface area contributed by atoms with Gasteiger partial charge < -0.3 is 9.13 Å². The van der Waals surface area contributed by atoms with Crippen molar-refractivity contribution in [3.8, 4) is 22.8 Å². The Kier molecular flexibility index (Phi) is 11.3. The van der Waals surface area contributed by atoms with Crippen LogP contribution < -0.4 is 0 Å². The average molecular weight is 767 g/mol. The van der Waals surface area contributed by atoms with E-state index in [4.69, 9.17) is 29.9 Å². The smallest absolute Gasteiger partial charge is 0.141 e. The van der Waals surface area contributed by atoms with E-state index in [2.05, 4.69) is 71.5 Å². The molecule has 0 aliphatic heterocycles. The van der Waals surface area contributed by atoms with Crippen molar-refractivity contribution in [2.75, 3.05) is 0 Å². The molecule has 0 aliphatic carbocycles. The molecule has 0 amide bonds. The molecule has 0 bridgehead atoms. The molecule has 0 saturated heterocycles. The van der Waals surface area contributed by atoms with Gasteiger partial charge in [0.1, 0.15) is 11.6 Å². The van der Waals surface area contributed by atoms with Crippen LogP contribution in [-0.2, 0) is 13.1 Å². The number of unbranched alkanes of at least 4 members (excludes halogenated alkanes) is 12. The highest BCUT2D eigenvalue weighted by atomic mass is 15.1. The summed E-state index contributed by atoms with van der Waals surface area (Å²) in [5, 5.41) is 4.29. The van der Waals surface area contributed by atoms with Gasteiger partial charge in [0.15, 0.2) is 0 Å². The van der Waals surface area contributed by atoms with Crippen molar-refractivity contribution in [1.82, 2.24) is 39.0 Å². The van der Waals surface area contributed by atoms with Gasteiger partial charge in [-0.15, -0.1) is 0 Å². The number of nitrogens with zero attached hydrogens (tertiary/aromatic N) is 8. The monoisotopic (exact) mass is 766 g/mol. The second kappa shape index (κ2) is 17.4. The van der Waals surface area contributed by atoms with Crippen molar-refractivity contribution in [2.24, 2.45) is 0 Å². The summed E-state index contributed by atoms with van der Waals surface area (Å²) in [5.74, 6) is 1.97. The first kappa shape index (κ1) is 37.8. The highest BCUT2D eigenvalue weighted by Crippen LogP contribution is 2.39. The number of hydrogen-bond donors (Lipinski definition) is 0. The average Bonchev–Trinajstić information content (AvgIpc) is 3.86. The molecular weight excluding hydrogens is 713 g/mol. The molecule has 58 heavy (non-hydrogen) atoms. The second-order valence-corrected chi connectivity index (χ2v) is 16.0. The van der Waals surface area contributed by atoms with E-state index >= 15 is 0 Å². The van der Waals surface area contributed by atoms with Gasteiger partial charge in [0.2, 0.25) is 0 Å². The Morgan fingerprint density at radius 2 is 0.690 bits per heavy atom. The molecule has 9 aromatic rings. The first-order chi connectivity index (χ1) is 28.8. The number of fused-ring (bicyclic) bond motifs is 12. The summed E-state index contributed by atoms with van der Waals surface area (Å²) < 4.78 is 4.92. The Morgan fingerprint density at radius 1 is 0.362 bits per heavy atom. The summed E-state index contributed by atoms with van der Waals surface area (Å²) in [4.78, 5) is 30.2. The third-order valence-electron chi connectivity index (χ3n) is 12.0. The van der Waals surface area contributed by atoms with Crippen molar-refractivity contribution in [2.45, 2.75) is 117 Å². The van der Waals surface area contributed by atoms with Gasteiger partial charge >= 0.3 is 0 Å². The van der Waals surface area contributed by atoms with Crippen LogP contribution in [0.2, 0.25) is 0 Å². The molecule has 0 saturated carbocycles. The summed E-state index contributed by atoms with van der Waals surface area (Å²) in [6.07, 6.45) is 25.1. The van der Waals surface area contributed by atoms with E-state index in [1.54, 1.807) is 0 Å². The lowest BCUT2D eigenvalue weighted by Gasteiger charge is -2.13. The summed E-state index contributed by atoms with van der Waals surface area (Å²) in [7, 11) is 0. The summed E-state index contributed by atoms with van der Waals surface area (Å²) in [6.45, 7) is 6.35. The van der Waals surface area contributed by atoms with Crippen LogP contribution in [0.15, 0.2) is 97.6 Å². The van der Waals surface area contributed by atoms with Gasteiger partial charge in [0.25, 0.3) is 0 Å². The van der Waals surface area contributed by atoms with Gasteiger partial charge in [-0.05, 0) is 61.4 Å². The van der Waals surface area contributed by atoms with E-state index in [0.29, 0.717) is 0 Å². The van der Waals surface area contributed by atoms with E-state index in [-0.39, 0.29) is 0 Å². The third-order valence-corrected chi connectivity index (χ3v) is 12.0. The number of aromatic nitrogens is 8. The zero-order chi connectivity index (χ0) is 39.3. The second-order valence-electron chi connectivity index (χ2n) is 16.0. The molecule has 294 valence electrons. The number of hydrogen-bond acceptors (Lipinski definition) is 6. The largest absolute Gasteiger partial charge is 0.323 e. The molecule has 0 aliphatic rings. The van der Waals surface area contributed by atoms with Gasteiger partial charge in [0.05, 0.1) is 44.1 Å². The molecule has 0 atom stereocenters. The van der Waals surface area contributed by atoms with Crippen molar-refractivity contribution in [1.29, 1.82) is 0 Å². The van der Waals surface area contributed by atoms with Gasteiger partial charge in [0, 0.05) is 70.5 Å². The quantitative estimate of drug-likeness (QED) is 0.0638. The van der Waals surface area contributed by atoms with Crippen LogP contribution in [0, 0.1) is 0 Å². The maximum atomic E-state index is 5.46. The fourth-order valence-electron chi connectivity index (χ4n) is 9.07. The fourth-order valence-corrected chi connectivity index (χ4v) is 9.07. The molecule has 0 unspecified atom stereocenters. The van der Waals surface area contributed by atoms with E-state index in [0.717, 1.165) is 114 Å². The molecule has 6 heterocycles. The fraction of sp³-hybridized carbons (Fsp3) is 0.360.